The van der Waals surface area contributed by atoms with E-state index >= 15 is 0 Å². The van der Waals surface area contributed by atoms with E-state index in [0.717, 1.165) is 70.9 Å². The number of methoxy groups -OCH3 is 1. The maximum Gasteiger partial charge on any atom is 0.328 e. The Hall–Kier alpha value is -2.12. The number of benzene rings is 1. The Morgan fingerprint density at radius 1 is 1.00 bits per heavy atom. The van der Waals surface area contributed by atoms with Gasteiger partial charge in [0.15, 0.2) is 0 Å². The van der Waals surface area contributed by atoms with Crippen LogP contribution >= 0.6 is 12.4 Å². The van der Waals surface area contributed by atoms with Crippen LogP contribution in [0.3, 0.4) is 0 Å². The number of ether oxygens (including phenoxy) is 1. The van der Waals surface area contributed by atoms with Crippen LogP contribution in [0.5, 0.6) is 0 Å². The minimum Gasteiger partial charge on any atom is -0.467 e. The second-order valence-corrected chi connectivity index (χ2v) is 10.2. The van der Waals surface area contributed by atoms with Crippen LogP contribution in [0.25, 0.3) is 0 Å². The molecule has 1 saturated heterocycles. The lowest BCUT2D eigenvalue weighted by Crippen LogP contribution is -2.44. The molecule has 2 fully saturated rings. The van der Waals surface area contributed by atoms with Gasteiger partial charge >= 0.3 is 5.97 Å². The summed E-state index contributed by atoms with van der Waals surface area (Å²) in [5, 5.41) is 9.47. The van der Waals surface area contributed by atoms with Gasteiger partial charge in [0, 0.05) is 18.0 Å². The Kier molecular flexibility index (Phi) is 13.3. The van der Waals surface area contributed by atoms with E-state index in [0.29, 0.717) is 30.2 Å². The number of hydrogen-bond acceptors (Lipinski definition) is 5. The van der Waals surface area contributed by atoms with Gasteiger partial charge in [-0.3, -0.25) is 9.59 Å². The van der Waals surface area contributed by atoms with Crippen LogP contribution in [-0.2, 0) is 14.3 Å². The molecule has 8 heteroatoms. The number of carbonyl (C=O) groups is 3. The SMILES string of the molecule is CCCCCC(=O)NC(C[C@H]1CC[C@H](NC(=O)c2ccc(C3CCNCC3)cc2)CC1)C(=O)OC.Cl. The summed E-state index contributed by atoms with van der Waals surface area (Å²) >= 11 is 0. The fourth-order valence-corrected chi connectivity index (χ4v) is 5.36. The fourth-order valence-electron chi connectivity index (χ4n) is 5.36. The van der Waals surface area contributed by atoms with Gasteiger partial charge in [0.1, 0.15) is 6.04 Å². The van der Waals surface area contributed by atoms with Crippen molar-refractivity contribution in [2.45, 2.75) is 95.6 Å². The number of halogens is 1. The quantitative estimate of drug-likeness (QED) is 0.294. The fraction of sp³-hybridized carbons (Fsp3) is 0.679. The van der Waals surface area contributed by atoms with Gasteiger partial charge in [-0.05, 0) is 94.0 Å². The van der Waals surface area contributed by atoms with Crippen LogP contribution < -0.4 is 16.0 Å². The smallest absolute Gasteiger partial charge is 0.328 e. The summed E-state index contributed by atoms with van der Waals surface area (Å²) in [6, 6.07) is 7.65. The standard InChI is InChI=1S/C28H43N3O4.ClH/c1-3-4-5-6-26(32)31-25(28(34)35-2)19-20-7-13-24(14-8-20)30-27(33)23-11-9-21(10-12-23)22-15-17-29-18-16-22;/h9-12,20,22,24-25,29H,3-8,13-19H2,1-2H3,(H,30,33)(H,31,32);1H/t20-,24-,25?;. The number of piperidine rings is 1. The molecule has 1 aliphatic carbocycles. The Labute approximate surface area is 222 Å². The van der Waals surface area contributed by atoms with Gasteiger partial charge in [-0.2, -0.15) is 0 Å². The number of unbranched alkanes of at least 4 members (excludes halogenated alkanes) is 2. The highest BCUT2D eigenvalue weighted by Crippen LogP contribution is 2.29. The van der Waals surface area contributed by atoms with E-state index in [-0.39, 0.29) is 36.2 Å². The summed E-state index contributed by atoms with van der Waals surface area (Å²) in [6.07, 6.45) is 9.81. The molecule has 1 unspecified atom stereocenters. The van der Waals surface area contributed by atoms with Crippen LogP contribution in [0.1, 0.15) is 99.4 Å². The molecule has 0 aromatic heterocycles. The van der Waals surface area contributed by atoms with Gasteiger partial charge < -0.3 is 20.7 Å². The van der Waals surface area contributed by atoms with Gasteiger partial charge in [-0.15, -0.1) is 12.4 Å². The van der Waals surface area contributed by atoms with Crippen LogP contribution in [-0.4, -0.2) is 50.1 Å². The molecule has 1 aliphatic heterocycles. The Morgan fingerprint density at radius 2 is 1.67 bits per heavy atom. The molecule has 2 amide bonds. The average molecular weight is 522 g/mol. The summed E-state index contributed by atoms with van der Waals surface area (Å²) < 4.78 is 4.94. The molecule has 1 aromatic rings. The van der Waals surface area contributed by atoms with Crippen LogP contribution in [0, 0.1) is 5.92 Å². The van der Waals surface area contributed by atoms with Crippen molar-refractivity contribution in [2.24, 2.45) is 5.92 Å². The van der Waals surface area contributed by atoms with Gasteiger partial charge in [0.05, 0.1) is 7.11 Å². The Morgan fingerprint density at radius 3 is 2.28 bits per heavy atom. The second kappa shape index (κ2) is 15.9. The molecule has 0 spiro atoms. The molecule has 1 saturated carbocycles. The molecule has 1 atom stereocenters. The predicted molar refractivity (Wildman–Crippen MR) is 144 cm³/mol. The molecule has 0 bridgehead atoms. The summed E-state index contributed by atoms with van der Waals surface area (Å²) in [5.41, 5.74) is 2.03. The third-order valence-electron chi connectivity index (χ3n) is 7.56. The van der Waals surface area contributed by atoms with E-state index in [1.807, 2.05) is 12.1 Å². The van der Waals surface area contributed by atoms with E-state index in [1.54, 1.807) is 0 Å². The van der Waals surface area contributed by atoms with Crippen molar-refractivity contribution in [3.05, 3.63) is 35.4 Å². The zero-order valence-corrected chi connectivity index (χ0v) is 22.7. The van der Waals surface area contributed by atoms with Crippen molar-refractivity contribution in [3.8, 4) is 0 Å². The molecule has 2 aliphatic rings. The first-order valence-corrected chi connectivity index (χ1v) is 13.5. The normalized spacial score (nSPS) is 21.1. The summed E-state index contributed by atoms with van der Waals surface area (Å²) in [6.45, 7) is 4.21. The first-order valence-electron chi connectivity index (χ1n) is 13.5. The van der Waals surface area contributed by atoms with Gasteiger partial charge in [0.2, 0.25) is 5.91 Å². The summed E-state index contributed by atoms with van der Waals surface area (Å²) in [4.78, 5) is 37.3. The third-order valence-corrected chi connectivity index (χ3v) is 7.56. The van der Waals surface area contributed by atoms with Gasteiger partial charge in [0.25, 0.3) is 5.91 Å². The molecule has 0 radical (unpaired) electrons. The molecule has 3 rings (SSSR count). The molecule has 3 N–H and O–H groups in total. The highest BCUT2D eigenvalue weighted by atomic mass is 35.5. The van der Waals surface area contributed by atoms with E-state index in [1.165, 1.54) is 12.7 Å². The third kappa shape index (κ3) is 9.40. The number of hydrogen-bond donors (Lipinski definition) is 3. The molecule has 202 valence electrons. The van der Waals surface area contributed by atoms with Crippen LogP contribution in [0.2, 0.25) is 0 Å². The van der Waals surface area contributed by atoms with Crippen molar-refractivity contribution < 1.29 is 19.1 Å². The molecule has 1 aromatic carbocycles. The van der Waals surface area contributed by atoms with E-state index in [2.05, 4.69) is 35.0 Å². The Balaban J connectivity index is 0.00000456. The van der Waals surface area contributed by atoms with Crippen molar-refractivity contribution >= 4 is 30.2 Å². The van der Waals surface area contributed by atoms with Crippen molar-refractivity contribution in [1.29, 1.82) is 0 Å². The van der Waals surface area contributed by atoms with E-state index < -0.39 is 6.04 Å². The van der Waals surface area contributed by atoms with Crippen LogP contribution in [0.15, 0.2) is 24.3 Å². The number of rotatable bonds is 11. The molecule has 1 heterocycles. The second-order valence-electron chi connectivity index (χ2n) is 10.2. The highest BCUT2D eigenvalue weighted by Gasteiger charge is 2.29. The predicted octanol–water partition coefficient (Wildman–Crippen LogP) is 4.49. The molecule has 7 nitrogen and oxygen atoms in total. The zero-order chi connectivity index (χ0) is 25.0. The summed E-state index contributed by atoms with van der Waals surface area (Å²) in [5.74, 6) is 0.432. The largest absolute Gasteiger partial charge is 0.467 e. The minimum absolute atomic E-state index is 0. The first-order chi connectivity index (χ1) is 17.0. The van der Waals surface area contributed by atoms with E-state index in [4.69, 9.17) is 4.74 Å². The number of amides is 2. The zero-order valence-electron chi connectivity index (χ0n) is 21.9. The van der Waals surface area contributed by atoms with Gasteiger partial charge in [-0.25, -0.2) is 4.79 Å². The van der Waals surface area contributed by atoms with Crippen molar-refractivity contribution in [1.82, 2.24) is 16.0 Å². The summed E-state index contributed by atoms with van der Waals surface area (Å²) in [7, 11) is 1.36. The molecule has 36 heavy (non-hydrogen) atoms. The Bertz CT molecular complexity index is 819. The maximum atomic E-state index is 12.8. The molecular formula is C28H44ClN3O4. The van der Waals surface area contributed by atoms with Crippen molar-refractivity contribution in [2.75, 3.05) is 20.2 Å². The minimum atomic E-state index is -0.594. The van der Waals surface area contributed by atoms with Crippen molar-refractivity contribution in [3.63, 3.8) is 0 Å². The average Bonchev–Trinajstić information content (AvgIpc) is 2.89. The monoisotopic (exact) mass is 521 g/mol. The lowest BCUT2D eigenvalue weighted by atomic mass is 9.82. The lowest BCUT2D eigenvalue weighted by molar-refractivity contribution is -0.145. The highest BCUT2D eigenvalue weighted by molar-refractivity contribution is 5.94. The number of esters is 1. The maximum absolute atomic E-state index is 12.8. The topological polar surface area (TPSA) is 96.5 Å². The number of carbonyl (C=O) groups excluding carboxylic acids is 3. The number of nitrogens with one attached hydrogen (secondary N) is 3. The van der Waals surface area contributed by atoms with Gasteiger partial charge in [-0.1, -0.05) is 31.9 Å². The first kappa shape index (κ1) is 30.1. The van der Waals surface area contributed by atoms with E-state index in [9.17, 15) is 14.4 Å². The van der Waals surface area contributed by atoms with Crippen LogP contribution in [0.4, 0.5) is 0 Å². The molecular weight excluding hydrogens is 478 g/mol. The lowest BCUT2D eigenvalue weighted by Gasteiger charge is -2.31.